The number of carbonyl (C=O) groups is 1. The molecule has 0 bridgehead atoms. The summed E-state index contributed by atoms with van der Waals surface area (Å²) >= 11 is 0. The van der Waals surface area contributed by atoms with Gasteiger partial charge in [0.05, 0.1) is 6.10 Å². The summed E-state index contributed by atoms with van der Waals surface area (Å²) in [6.07, 6.45) is 0.0619. The van der Waals surface area contributed by atoms with Crippen molar-refractivity contribution in [2.45, 2.75) is 45.5 Å². The summed E-state index contributed by atoms with van der Waals surface area (Å²) in [4.78, 5) is 10.6. The standard InChI is InChI=1S/C8H14O3/c1-5(10-7(3)9)8(4)6(2)11-8/h5-6H,1-4H3/t5-,6-,8+/m1/s1. The minimum absolute atomic E-state index is 0.144. The van der Waals surface area contributed by atoms with E-state index >= 15 is 0 Å². The van der Waals surface area contributed by atoms with Gasteiger partial charge in [-0.25, -0.2) is 0 Å². The molecule has 0 unspecified atom stereocenters. The predicted molar refractivity (Wildman–Crippen MR) is 40.2 cm³/mol. The highest BCUT2D eigenvalue weighted by Gasteiger charge is 2.54. The van der Waals surface area contributed by atoms with Gasteiger partial charge in [0.1, 0.15) is 11.7 Å². The molecule has 1 heterocycles. The first-order valence-corrected chi connectivity index (χ1v) is 3.82. The lowest BCUT2D eigenvalue weighted by Gasteiger charge is -2.15. The molecular formula is C8H14O3. The molecule has 1 rings (SSSR count). The highest BCUT2D eigenvalue weighted by molar-refractivity contribution is 5.66. The first kappa shape index (κ1) is 8.53. The Bertz CT molecular complexity index is 178. The molecule has 11 heavy (non-hydrogen) atoms. The molecule has 3 atom stereocenters. The molecule has 0 amide bonds. The third kappa shape index (κ3) is 1.53. The lowest BCUT2D eigenvalue weighted by molar-refractivity contribution is -0.148. The van der Waals surface area contributed by atoms with Crippen LogP contribution < -0.4 is 0 Å². The summed E-state index contributed by atoms with van der Waals surface area (Å²) in [6.45, 7) is 7.18. The van der Waals surface area contributed by atoms with Crippen molar-refractivity contribution in [3.8, 4) is 0 Å². The van der Waals surface area contributed by atoms with E-state index in [1.54, 1.807) is 0 Å². The Kier molecular flexibility index (Phi) is 1.92. The van der Waals surface area contributed by atoms with Crippen LogP contribution in [-0.2, 0) is 14.3 Å². The Balaban J connectivity index is 2.43. The molecule has 0 aromatic heterocycles. The molecule has 64 valence electrons. The number of rotatable bonds is 2. The van der Waals surface area contributed by atoms with Gasteiger partial charge in [-0.2, -0.15) is 0 Å². The highest BCUT2D eigenvalue weighted by Crippen LogP contribution is 2.39. The lowest BCUT2D eigenvalue weighted by Crippen LogP contribution is -2.29. The van der Waals surface area contributed by atoms with Crippen molar-refractivity contribution in [3.05, 3.63) is 0 Å². The Hall–Kier alpha value is -0.570. The molecule has 0 saturated carbocycles. The van der Waals surface area contributed by atoms with Crippen LogP contribution in [0.25, 0.3) is 0 Å². The quantitative estimate of drug-likeness (QED) is 0.446. The van der Waals surface area contributed by atoms with Crippen molar-refractivity contribution >= 4 is 5.97 Å². The van der Waals surface area contributed by atoms with Crippen molar-refractivity contribution in [1.29, 1.82) is 0 Å². The number of ether oxygens (including phenoxy) is 2. The molecular weight excluding hydrogens is 144 g/mol. The monoisotopic (exact) mass is 158 g/mol. The van der Waals surface area contributed by atoms with Crippen molar-refractivity contribution in [2.24, 2.45) is 0 Å². The minimum Gasteiger partial charge on any atom is -0.460 e. The van der Waals surface area contributed by atoms with Gasteiger partial charge in [-0.15, -0.1) is 0 Å². The number of esters is 1. The van der Waals surface area contributed by atoms with Crippen LogP contribution in [0.1, 0.15) is 27.7 Å². The van der Waals surface area contributed by atoms with E-state index in [4.69, 9.17) is 9.47 Å². The number of hydrogen-bond acceptors (Lipinski definition) is 3. The summed E-state index contributed by atoms with van der Waals surface area (Å²) in [5, 5.41) is 0. The van der Waals surface area contributed by atoms with E-state index in [2.05, 4.69) is 0 Å². The zero-order valence-electron chi connectivity index (χ0n) is 7.38. The molecule has 1 fully saturated rings. The fraction of sp³-hybridized carbons (Fsp3) is 0.875. The average molecular weight is 158 g/mol. The van der Waals surface area contributed by atoms with Crippen LogP contribution in [0.2, 0.25) is 0 Å². The van der Waals surface area contributed by atoms with Gasteiger partial charge in [-0.05, 0) is 20.8 Å². The number of epoxide rings is 1. The van der Waals surface area contributed by atoms with Crippen LogP contribution in [-0.4, -0.2) is 23.8 Å². The minimum atomic E-state index is -0.249. The second kappa shape index (κ2) is 2.48. The smallest absolute Gasteiger partial charge is 0.302 e. The highest BCUT2D eigenvalue weighted by atomic mass is 16.6. The first-order valence-electron chi connectivity index (χ1n) is 3.82. The van der Waals surface area contributed by atoms with Crippen molar-refractivity contribution < 1.29 is 14.3 Å². The van der Waals surface area contributed by atoms with Gasteiger partial charge >= 0.3 is 5.97 Å². The summed E-state index contributed by atoms with van der Waals surface area (Å²) in [6, 6.07) is 0. The van der Waals surface area contributed by atoms with Crippen LogP contribution in [0.3, 0.4) is 0 Å². The Morgan fingerprint density at radius 3 is 2.45 bits per heavy atom. The number of carbonyl (C=O) groups excluding carboxylic acids is 1. The first-order chi connectivity index (χ1) is 4.97. The van der Waals surface area contributed by atoms with Gasteiger partial charge in [0.2, 0.25) is 0 Å². The van der Waals surface area contributed by atoms with Crippen molar-refractivity contribution in [3.63, 3.8) is 0 Å². The van der Waals surface area contributed by atoms with Crippen molar-refractivity contribution in [1.82, 2.24) is 0 Å². The van der Waals surface area contributed by atoms with Crippen molar-refractivity contribution in [2.75, 3.05) is 0 Å². The third-order valence-electron chi connectivity index (χ3n) is 2.33. The van der Waals surface area contributed by atoms with Crippen LogP contribution in [0.4, 0.5) is 0 Å². The summed E-state index contributed by atoms with van der Waals surface area (Å²) in [5.41, 5.74) is -0.244. The van der Waals surface area contributed by atoms with E-state index in [1.807, 2.05) is 20.8 Å². The Morgan fingerprint density at radius 1 is 1.73 bits per heavy atom. The second-order valence-electron chi connectivity index (χ2n) is 3.20. The maximum Gasteiger partial charge on any atom is 0.302 e. The third-order valence-corrected chi connectivity index (χ3v) is 2.33. The molecule has 0 aliphatic carbocycles. The summed E-state index contributed by atoms with van der Waals surface area (Å²) in [5.74, 6) is -0.249. The van der Waals surface area contributed by atoms with Crippen LogP contribution in [0.15, 0.2) is 0 Å². The lowest BCUT2D eigenvalue weighted by atomic mass is 10.0. The van der Waals surface area contributed by atoms with Gasteiger partial charge < -0.3 is 9.47 Å². The van der Waals surface area contributed by atoms with Crippen LogP contribution in [0.5, 0.6) is 0 Å². The van der Waals surface area contributed by atoms with Gasteiger partial charge in [-0.3, -0.25) is 4.79 Å². The van der Waals surface area contributed by atoms with Gasteiger partial charge in [0.15, 0.2) is 0 Å². The van der Waals surface area contributed by atoms with E-state index in [9.17, 15) is 4.79 Å². The van der Waals surface area contributed by atoms with E-state index in [-0.39, 0.29) is 23.8 Å². The topological polar surface area (TPSA) is 38.8 Å². The maximum atomic E-state index is 10.6. The van der Waals surface area contributed by atoms with Gasteiger partial charge in [-0.1, -0.05) is 0 Å². The molecule has 0 spiro atoms. The normalized spacial score (nSPS) is 38.0. The van der Waals surface area contributed by atoms with Gasteiger partial charge in [0.25, 0.3) is 0 Å². The molecule has 0 aromatic rings. The molecule has 1 saturated heterocycles. The molecule has 1 aliphatic heterocycles. The molecule has 0 aromatic carbocycles. The van der Waals surface area contributed by atoms with Crippen LogP contribution in [0, 0.1) is 0 Å². The zero-order valence-corrected chi connectivity index (χ0v) is 7.38. The fourth-order valence-corrected chi connectivity index (χ4v) is 1.14. The fourth-order valence-electron chi connectivity index (χ4n) is 1.14. The molecule has 3 heteroatoms. The Labute approximate surface area is 66.7 Å². The maximum absolute atomic E-state index is 10.6. The van der Waals surface area contributed by atoms with Crippen LogP contribution >= 0.6 is 0 Å². The van der Waals surface area contributed by atoms with E-state index < -0.39 is 0 Å². The molecule has 1 aliphatic rings. The zero-order chi connectivity index (χ0) is 8.65. The van der Waals surface area contributed by atoms with E-state index in [1.165, 1.54) is 6.92 Å². The van der Waals surface area contributed by atoms with E-state index in [0.29, 0.717) is 0 Å². The molecule has 0 N–H and O–H groups in total. The molecule has 3 nitrogen and oxygen atoms in total. The average Bonchev–Trinajstić information content (AvgIpc) is 2.40. The number of hydrogen-bond donors (Lipinski definition) is 0. The van der Waals surface area contributed by atoms with E-state index in [0.717, 1.165) is 0 Å². The largest absolute Gasteiger partial charge is 0.460 e. The predicted octanol–water partition coefficient (Wildman–Crippen LogP) is 1.12. The summed E-state index contributed by atoms with van der Waals surface area (Å²) < 4.78 is 10.3. The van der Waals surface area contributed by atoms with Gasteiger partial charge in [0, 0.05) is 6.92 Å². The Morgan fingerprint density at radius 2 is 2.18 bits per heavy atom. The second-order valence-corrected chi connectivity index (χ2v) is 3.20. The summed E-state index contributed by atoms with van der Waals surface area (Å²) in [7, 11) is 0. The molecule has 0 radical (unpaired) electrons. The SMILES string of the molecule is CC(=O)O[C@H](C)[C@]1(C)O[C@@H]1C.